The van der Waals surface area contributed by atoms with Gasteiger partial charge in [-0.05, 0) is 93.2 Å². The predicted octanol–water partition coefficient (Wildman–Crippen LogP) is 7.34. The SMILES string of the molecule is O=C1OC(c2cccc(Br)c2)=N/C1=C\c1cc(I)c(OCc2ccccc2Br)c(I)c1. The van der Waals surface area contributed by atoms with E-state index >= 15 is 0 Å². The second-order valence-corrected chi connectivity index (χ2v) is 10.6. The lowest BCUT2D eigenvalue weighted by Crippen LogP contribution is -2.05. The average Bonchev–Trinajstić information content (AvgIpc) is 3.09. The van der Waals surface area contributed by atoms with Crippen LogP contribution in [0, 0.1) is 7.14 Å². The van der Waals surface area contributed by atoms with E-state index in [9.17, 15) is 4.79 Å². The molecule has 3 aromatic rings. The summed E-state index contributed by atoms with van der Waals surface area (Å²) in [6.07, 6.45) is 1.73. The molecule has 156 valence electrons. The van der Waals surface area contributed by atoms with Gasteiger partial charge < -0.3 is 9.47 Å². The van der Waals surface area contributed by atoms with Crippen LogP contribution in [0.15, 0.2) is 80.3 Å². The molecule has 0 aliphatic carbocycles. The Balaban J connectivity index is 1.57. The summed E-state index contributed by atoms with van der Waals surface area (Å²) in [5.41, 5.74) is 2.94. The van der Waals surface area contributed by atoms with E-state index in [1.165, 1.54) is 0 Å². The van der Waals surface area contributed by atoms with Crippen LogP contribution in [-0.4, -0.2) is 11.9 Å². The molecule has 0 N–H and O–H groups in total. The normalized spacial score (nSPS) is 14.5. The third-order valence-corrected chi connectivity index (χ3v) is 7.22. The zero-order chi connectivity index (χ0) is 22.0. The minimum absolute atomic E-state index is 0.267. The maximum absolute atomic E-state index is 12.3. The van der Waals surface area contributed by atoms with E-state index in [0.29, 0.717) is 12.5 Å². The lowest BCUT2D eigenvalue weighted by Gasteiger charge is -2.12. The number of carbonyl (C=O) groups is 1. The minimum atomic E-state index is -0.464. The molecule has 1 aliphatic rings. The van der Waals surface area contributed by atoms with E-state index in [1.807, 2.05) is 60.7 Å². The Bertz CT molecular complexity index is 1220. The first-order chi connectivity index (χ1) is 14.9. The lowest BCUT2D eigenvalue weighted by molar-refractivity contribution is -0.129. The number of benzene rings is 3. The molecule has 1 heterocycles. The lowest BCUT2D eigenvalue weighted by atomic mass is 10.2. The number of hydrogen-bond acceptors (Lipinski definition) is 4. The quantitative estimate of drug-likeness (QED) is 0.155. The van der Waals surface area contributed by atoms with E-state index in [2.05, 4.69) is 82.0 Å². The Morgan fingerprint density at radius 2 is 1.74 bits per heavy atom. The van der Waals surface area contributed by atoms with Crippen molar-refractivity contribution in [2.24, 2.45) is 4.99 Å². The maximum Gasteiger partial charge on any atom is 0.363 e. The summed E-state index contributed by atoms with van der Waals surface area (Å²) < 4.78 is 15.2. The number of rotatable bonds is 5. The Morgan fingerprint density at radius 3 is 2.45 bits per heavy atom. The summed E-state index contributed by atoms with van der Waals surface area (Å²) >= 11 is 11.5. The third-order valence-electron chi connectivity index (χ3n) is 4.35. The van der Waals surface area contributed by atoms with E-state index in [0.717, 1.165) is 38.5 Å². The zero-order valence-corrected chi connectivity index (χ0v) is 23.2. The Morgan fingerprint density at radius 1 is 1.00 bits per heavy atom. The Hall–Kier alpha value is -1.24. The largest absolute Gasteiger partial charge is 0.487 e. The fraction of sp³-hybridized carbons (Fsp3) is 0.0435. The smallest absolute Gasteiger partial charge is 0.363 e. The van der Waals surface area contributed by atoms with Gasteiger partial charge in [0.2, 0.25) is 5.90 Å². The number of ether oxygens (including phenoxy) is 2. The van der Waals surface area contributed by atoms with Crippen molar-refractivity contribution in [1.29, 1.82) is 0 Å². The molecule has 0 unspecified atom stereocenters. The number of aliphatic imine (C=N–C) groups is 1. The highest BCUT2D eigenvalue weighted by Crippen LogP contribution is 2.32. The van der Waals surface area contributed by atoms with Gasteiger partial charge >= 0.3 is 5.97 Å². The van der Waals surface area contributed by atoms with Gasteiger partial charge in [0.05, 0.1) is 7.14 Å². The minimum Gasteiger partial charge on any atom is -0.487 e. The van der Waals surface area contributed by atoms with Crippen LogP contribution in [0.5, 0.6) is 5.75 Å². The molecule has 0 spiro atoms. The first kappa shape index (κ1) is 22.9. The maximum atomic E-state index is 12.3. The van der Waals surface area contributed by atoms with Gasteiger partial charge in [-0.1, -0.05) is 56.1 Å². The van der Waals surface area contributed by atoms with Gasteiger partial charge in [0.1, 0.15) is 12.4 Å². The number of cyclic esters (lactones) is 1. The molecule has 8 heteroatoms. The van der Waals surface area contributed by atoms with E-state index in [1.54, 1.807) is 6.08 Å². The zero-order valence-electron chi connectivity index (χ0n) is 15.7. The average molecular weight is 765 g/mol. The van der Waals surface area contributed by atoms with Gasteiger partial charge in [-0.25, -0.2) is 9.79 Å². The van der Waals surface area contributed by atoms with Gasteiger partial charge in [-0.2, -0.15) is 0 Å². The van der Waals surface area contributed by atoms with Gasteiger partial charge in [-0.3, -0.25) is 0 Å². The second kappa shape index (κ2) is 10.1. The van der Waals surface area contributed by atoms with Crippen LogP contribution >= 0.6 is 77.0 Å². The van der Waals surface area contributed by atoms with E-state index < -0.39 is 5.97 Å². The van der Waals surface area contributed by atoms with Gasteiger partial charge in [0.15, 0.2) is 5.70 Å². The molecule has 0 atom stereocenters. The predicted molar refractivity (Wildman–Crippen MR) is 145 cm³/mol. The van der Waals surface area contributed by atoms with Crippen LogP contribution in [0.4, 0.5) is 0 Å². The molecular weight excluding hydrogens is 752 g/mol. The topological polar surface area (TPSA) is 47.9 Å². The monoisotopic (exact) mass is 763 g/mol. The van der Waals surface area contributed by atoms with Gasteiger partial charge in [0, 0.05) is 20.1 Å². The van der Waals surface area contributed by atoms with Crippen molar-refractivity contribution in [1.82, 2.24) is 0 Å². The highest BCUT2D eigenvalue weighted by atomic mass is 127. The van der Waals surface area contributed by atoms with Gasteiger partial charge in [0.25, 0.3) is 0 Å². The summed E-state index contributed by atoms with van der Waals surface area (Å²) in [6, 6.07) is 19.4. The number of carbonyl (C=O) groups excluding carboxylic acids is 1. The highest BCUT2D eigenvalue weighted by Gasteiger charge is 2.24. The summed E-state index contributed by atoms with van der Waals surface area (Å²) in [7, 11) is 0. The second-order valence-electron chi connectivity index (χ2n) is 6.54. The van der Waals surface area contributed by atoms with Crippen molar-refractivity contribution in [3.8, 4) is 5.75 Å². The molecule has 0 amide bonds. The fourth-order valence-electron chi connectivity index (χ4n) is 2.88. The van der Waals surface area contributed by atoms with Crippen LogP contribution in [0.1, 0.15) is 16.7 Å². The summed E-state index contributed by atoms with van der Waals surface area (Å²) in [5, 5.41) is 0. The van der Waals surface area contributed by atoms with Crippen molar-refractivity contribution < 1.29 is 14.3 Å². The molecule has 4 rings (SSSR count). The van der Waals surface area contributed by atoms with Crippen molar-refractivity contribution >= 4 is 95.0 Å². The number of hydrogen-bond donors (Lipinski definition) is 0. The van der Waals surface area contributed by atoms with E-state index in [4.69, 9.17) is 9.47 Å². The molecule has 0 bridgehead atoms. The fourth-order valence-corrected chi connectivity index (χ4v) is 5.80. The van der Waals surface area contributed by atoms with Crippen LogP contribution < -0.4 is 4.74 Å². The van der Waals surface area contributed by atoms with Crippen LogP contribution in [0.3, 0.4) is 0 Å². The Labute approximate surface area is 223 Å². The molecule has 4 nitrogen and oxygen atoms in total. The first-order valence-electron chi connectivity index (χ1n) is 9.04. The van der Waals surface area contributed by atoms with Crippen LogP contribution in [-0.2, 0) is 16.1 Å². The molecule has 0 aromatic heterocycles. The molecule has 3 aromatic carbocycles. The van der Waals surface area contributed by atoms with Crippen molar-refractivity contribution in [2.75, 3.05) is 0 Å². The number of esters is 1. The number of halogens is 4. The van der Waals surface area contributed by atoms with Crippen molar-refractivity contribution in [3.63, 3.8) is 0 Å². The van der Waals surface area contributed by atoms with Crippen molar-refractivity contribution in [2.45, 2.75) is 6.61 Å². The molecular formula is C23H13Br2I2NO3. The molecule has 0 saturated carbocycles. The number of nitrogens with zero attached hydrogens (tertiary/aromatic N) is 1. The third kappa shape index (κ3) is 5.58. The van der Waals surface area contributed by atoms with Crippen LogP contribution in [0.2, 0.25) is 0 Å². The van der Waals surface area contributed by atoms with E-state index in [-0.39, 0.29) is 5.70 Å². The molecule has 0 radical (unpaired) electrons. The summed E-state index contributed by atoms with van der Waals surface area (Å²) in [4.78, 5) is 16.7. The first-order valence-corrected chi connectivity index (χ1v) is 12.8. The molecule has 1 aliphatic heterocycles. The van der Waals surface area contributed by atoms with Crippen LogP contribution in [0.25, 0.3) is 6.08 Å². The highest BCUT2D eigenvalue weighted by molar-refractivity contribution is 14.1. The summed E-state index contributed by atoms with van der Waals surface area (Å²) in [5.74, 6) is 0.649. The standard InChI is InChI=1S/C23H13Br2I2NO3/c24-16-6-3-5-14(11-16)22-28-20(23(29)31-22)10-13-8-18(26)21(19(27)9-13)30-12-15-4-1-2-7-17(15)25/h1-11H,12H2/b20-10-. The van der Waals surface area contributed by atoms with Crippen molar-refractivity contribution in [3.05, 3.63) is 99.1 Å². The van der Waals surface area contributed by atoms with Gasteiger partial charge in [-0.15, -0.1) is 0 Å². The summed E-state index contributed by atoms with van der Waals surface area (Å²) in [6.45, 7) is 0.459. The Kier molecular flexibility index (Phi) is 7.50. The molecule has 0 saturated heterocycles. The molecule has 0 fully saturated rings. The molecule has 31 heavy (non-hydrogen) atoms.